The van der Waals surface area contributed by atoms with Gasteiger partial charge >= 0.3 is 0 Å². The quantitative estimate of drug-likeness (QED) is 0.248. The normalized spacial score (nSPS) is 12.6. The van der Waals surface area contributed by atoms with Gasteiger partial charge in [0, 0.05) is 32.6 Å². The van der Waals surface area contributed by atoms with Gasteiger partial charge in [0.15, 0.2) is 17.5 Å². The summed E-state index contributed by atoms with van der Waals surface area (Å²) in [6.07, 6.45) is 0.849. The summed E-state index contributed by atoms with van der Waals surface area (Å²) >= 11 is 0. The Morgan fingerprint density at radius 1 is 1.12 bits per heavy atom. The highest BCUT2D eigenvalue weighted by Crippen LogP contribution is 2.32. The van der Waals surface area contributed by atoms with Gasteiger partial charge in [0.25, 0.3) is 0 Å². The molecule has 0 saturated carbocycles. The van der Waals surface area contributed by atoms with Crippen molar-refractivity contribution in [2.45, 2.75) is 20.3 Å². The van der Waals surface area contributed by atoms with E-state index in [0.29, 0.717) is 19.9 Å². The van der Waals surface area contributed by atoms with Crippen LogP contribution in [0.15, 0.2) is 23.2 Å². The molecule has 8 heteroatoms. The lowest BCUT2D eigenvalue weighted by Crippen LogP contribution is -2.42. The second kappa shape index (κ2) is 11.0. The molecule has 0 aromatic heterocycles. The zero-order valence-electron chi connectivity index (χ0n) is 14.9. The molecule has 0 spiro atoms. The van der Waals surface area contributed by atoms with Gasteiger partial charge in [0.05, 0.1) is 0 Å². The van der Waals surface area contributed by atoms with Gasteiger partial charge < -0.3 is 25.4 Å². The minimum absolute atomic E-state index is 0. The molecule has 7 nitrogen and oxygen atoms in total. The zero-order chi connectivity index (χ0) is 17.4. The summed E-state index contributed by atoms with van der Waals surface area (Å²) in [5.74, 6) is 2.38. The summed E-state index contributed by atoms with van der Waals surface area (Å²) in [6, 6.07) is 5.97. The van der Waals surface area contributed by atoms with Gasteiger partial charge in [-0.05, 0) is 24.1 Å². The summed E-state index contributed by atoms with van der Waals surface area (Å²) < 4.78 is 10.7. The van der Waals surface area contributed by atoms with Crippen LogP contribution in [-0.2, 0) is 11.2 Å². The van der Waals surface area contributed by atoms with Crippen LogP contribution in [0.3, 0.4) is 0 Å². The van der Waals surface area contributed by atoms with Gasteiger partial charge in [0.2, 0.25) is 12.7 Å². The number of fused-ring (bicyclic) bond motifs is 1. The van der Waals surface area contributed by atoms with Crippen molar-refractivity contribution in [3.63, 3.8) is 0 Å². The molecule has 0 radical (unpaired) electrons. The standard InChI is InChI=1S/C17H26N4O3.HI/c1-12(2)16(22)19-8-9-21-17(18-3)20-7-6-13-4-5-14-15(10-13)24-11-23-14;/h4-5,10,12H,6-9,11H2,1-3H3,(H,19,22)(H2,18,20,21);1H. The third-order valence-electron chi connectivity index (χ3n) is 3.61. The number of benzene rings is 1. The lowest BCUT2D eigenvalue weighted by atomic mass is 10.1. The van der Waals surface area contributed by atoms with E-state index in [4.69, 9.17) is 9.47 Å². The molecule has 0 aliphatic carbocycles. The number of guanidine groups is 1. The number of rotatable bonds is 7. The van der Waals surface area contributed by atoms with Crippen molar-refractivity contribution in [3.05, 3.63) is 23.8 Å². The molecule has 1 aromatic carbocycles. The Labute approximate surface area is 166 Å². The number of carbonyl (C=O) groups is 1. The molecule has 140 valence electrons. The molecule has 0 unspecified atom stereocenters. The number of nitrogens with one attached hydrogen (secondary N) is 3. The maximum atomic E-state index is 11.5. The first-order valence-electron chi connectivity index (χ1n) is 8.21. The minimum atomic E-state index is 0. The van der Waals surface area contributed by atoms with E-state index in [9.17, 15) is 4.79 Å². The Morgan fingerprint density at radius 2 is 1.80 bits per heavy atom. The van der Waals surface area contributed by atoms with E-state index < -0.39 is 0 Å². The van der Waals surface area contributed by atoms with Crippen molar-refractivity contribution in [1.82, 2.24) is 16.0 Å². The molecular weight excluding hydrogens is 435 g/mol. The van der Waals surface area contributed by atoms with Gasteiger partial charge in [-0.2, -0.15) is 0 Å². The first-order chi connectivity index (χ1) is 11.6. The van der Waals surface area contributed by atoms with Gasteiger partial charge in [0.1, 0.15) is 0 Å². The van der Waals surface area contributed by atoms with Crippen LogP contribution in [0.5, 0.6) is 11.5 Å². The van der Waals surface area contributed by atoms with Crippen LogP contribution >= 0.6 is 24.0 Å². The Hall–Kier alpha value is -1.71. The van der Waals surface area contributed by atoms with Gasteiger partial charge in [-0.15, -0.1) is 24.0 Å². The molecular formula is C17H27IN4O3. The van der Waals surface area contributed by atoms with E-state index in [-0.39, 0.29) is 35.8 Å². The fourth-order valence-electron chi connectivity index (χ4n) is 2.21. The molecule has 1 aromatic rings. The fourth-order valence-corrected chi connectivity index (χ4v) is 2.21. The molecule has 1 aliphatic heterocycles. The zero-order valence-corrected chi connectivity index (χ0v) is 17.3. The summed E-state index contributed by atoms with van der Waals surface area (Å²) in [5.41, 5.74) is 1.17. The topological polar surface area (TPSA) is 84.0 Å². The highest BCUT2D eigenvalue weighted by atomic mass is 127. The smallest absolute Gasteiger partial charge is 0.231 e. The van der Waals surface area contributed by atoms with E-state index in [1.54, 1.807) is 7.05 Å². The van der Waals surface area contributed by atoms with Crippen molar-refractivity contribution < 1.29 is 14.3 Å². The Balaban J connectivity index is 0.00000312. The van der Waals surface area contributed by atoms with Crippen LogP contribution in [0.4, 0.5) is 0 Å². The predicted molar refractivity (Wildman–Crippen MR) is 109 cm³/mol. The SMILES string of the molecule is CN=C(NCCNC(=O)C(C)C)NCCc1ccc2c(c1)OCO2.I. The average molecular weight is 462 g/mol. The third kappa shape index (κ3) is 6.97. The molecule has 25 heavy (non-hydrogen) atoms. The van der Waals surface area contributed by atoms with E-state index in [0.717, 1.165) is 30.4 Å². The highest BCUT2D eigenvalue weighted by Gasteiger charge is 2.13. The highest BCUT2D eigenvalue weighted by molar-refractivity contribution is 14.0. The average Bonchev–Trinajstić information content (AvgIpc) is 3.04. The number of hydrogen-bond donors (Lipinski definition) is 3. The number of ether oxygens (including phenoxy) is 2. The lowest BCUT2D eigenvalue weighted by Gasteiger charge is -2.13. The van der Waals surface area contributed by atoms with Crippen molar-refractivity contribution in [2.75, 3.05) is 33.5 Å². The van der Waals surface area contributed by atoms with Crippen LogP contribution in [0.1, 0.15) is 19.4 Å². The maximum Gasteiger partial charge on any atom is 0.231 e. The molecule has 0 saturated heterocycles. The minimum Gasteiger partial charge on any atom is -0.454 e. The molecule has 1 aliphatic rings. The number of hydrogen-bond acceptors (Lipinski definition) is 4. The van der Waals surface area contributed by atoms with E-state index in [2.05, 4.69) is 20.9 Å². The van der Waals surface area contributed by atoms with Gasteiger partial charge in [-0.25, -0.2) is 0 Å². The fraction of sp³-hybridized carbons (Fsp3) is 0.529. The second-order valence-electron chi connectivity index (χ2n) is 5.81. The summed E-state index contributed by atoms with van der Waals surface area (Å²) in [5, 5.41) is 9.28. The van der Waals surface area contributed by atoms with Crippen LogP contribution in [0.25, 0.3) is 0 Å². The van der Waals surface area contributed by atoms with Crippen molar-refractivity contribution in [3.8, 4) is 11.5 Å². The molecule has 1 amide bonds. The predicted octanol–water partition coefficient (Wildman–Crippen LogP) is 1.51. The molecule has 0 atom stereocenters. The third-order valence-corrected chi connectivity index (χ3v) is 3.61. The summed E-state index contributed by atoms with van der Waals surface area (Å²) in [4.78, 5) is 15.6. The molecule has 3 N–H and O–H groups in total. The van der Waals surface area contributed by atoms with E-state index in [1.807, 2.05) is 32.0 Å². The molecule has 1 heterocycles. The summed E-state index contributed by atoms with van der Waals surface area (Å²) in [7, 11) is 1.72. The first-order valence-corrected chi connectivity index (χ1v) is 8.21. The number of aliphatic imine (C=N–C) groups is 1. The Kier molecular flexibility index (Phi) is 9.40. The van der Waals surface area contributed by atoms with Crippen molar-refractivity contribution in [1.29, 1.82) is 0 Å². The van der Waals surface area contributed by atoms with Crippen molar-refractivity contribution >= 4 is 35.8 Å². The Bertz CT molecular complexity index is 593. The monoisotopic (exact) mass is 462 g/mol. The molecule has 0 bridgehead atoms. The molecule has 0 fully saturated rings. The first kappa shape index (κ1) is 21.3. The van der Waals surface area contributed by atoms with E-state index >= 15 is 0 Å². The van der Waals surface area contributed by atoms with Crippen molar-refractivity contribution in [2.24, 2.45) is 10.9 Å². The molecule has 2 rings (SSSR count). The number of carbonyl (C=O) groups excluding carboxylic acids is 1. The number of amides is 1. The summed E-state index contributed by atoms with van der Waals surface area (Å²) in [6.45, 7) is 5.99. The van der Waals surface area contributed by atoms with Crippen LogP contribution in [-0.4, -0.2) is 45.3 Å². The van der Waals surface area contributed by atoms with Gasteiger partial charge in [-0.1, -0.05) is 19.9 Å². The second-order valence-corrected chi connectivity index (χ2v) is 5.81. The van der Waals surface area contributed by atoms with Crippen LogP contribution < -0.4 is 25.4 Å². The maximum absolute atomic E-state index is 11.5. The number of nitrogens with zero attached hydrogens (tertiary/aromatic N) is 1. The van der Waals surface area contributed by atoms with Crippen LogP contribution in [0.2, 0.25) is 0 Å². The van der Waals surface area contributed by atoms with Crippen LogP contribution in [0, 0.1) is 5.92 Å². The Morgan fingerprint density at radius 3 is 2.52 bits per heavy atom. The largest absolute Gasteiger partial charge is 0.454 e. The van der Waals surface area contributed by atoms with E-state index in [1.165, 1.54) is 5.56 Å². The lowest BCUT2D eigenvalue weighted by molar-refractivity contribution is -0.123. The van der Waals surface area contributed by atoms with Gasteiger partial charge in [-0.3, -0.25) is 9.79 Å². The number of halogens is 1.